The van der Waals surface area contributed by atoms with Crippen LogP contribution in [0.5, 0.6) is 0 Å². The van der Waals surface area contributed by atoms with Crippen LogP contribution in [-0.2, 0) is 4.79 Å². The first-order valence-electron chi connectivity index (χ1n) is 6.31. The van der Waals surface area contributed by atoms with Gasteiger partial charge in [0.2, 0.25) is 5.91 Å². The summed E-state index contributed by atoms with van der Waals surface area (Å²) in [5.41, 5.74) is 0. The monoisotopic (exact) mass is 225 g/mol. The Bertz CT molecular complexity index is 253. The van der Waals surface area contributed by atoms with Crippen molar-refractivity contribution in [2.24, 2.45) is 11.8 Å². The van der Waals surface area contributed by atoms with Gasteiger partial charge in [0.05, 0.1) is 5.92 Å². The average molecular weight is 225 g/mol. The van der Waals surface area contributed by atoms with Crippen LogP contribution < -0.4 is 5.32 Å². The van der Waals surface area contributed by atoms with Crippen LogP contribution in [0.1, 0.15) is 12.8 Å². The Hall–Kier alpha value is -0.610. The first-order valence-corrected chi connectivity index (χ1v) is 6.31. The van der Waals surface area contributed by atoms with Crippen LogP contribution in [0.15, 0.2) is 0 Å². The molecule has 2 saturated heterocycles. The van der Waals surface area contributed by atoms with Crippen molar-refractivity contribution in [1.82, 2.24) is 15.1 Å². The third-order valence-corrected chi connectivity index (χ3v) is 3.87. The maximum absolute atomic E-state index is 11.9. The van der Waals surface area contributed by atoms with E-state index in [4.69, 9.17) is 0 Å². The molecule has 0 radical (unpaired) electrons. The van der Waals surface area contributed by atoms with Crippen LogP contribution in [0.25, 0.3) is 0 Å². The largest absolute Gasteiger partial charge is 0.345 e. The summed E-state index contributed by atoms with van der Waals surface area (Å²) in [4.78, 5) is 16.2. The second kappa shape index (κ2) is 5.15. The van der Waals surface area contributed by atoms with Crippen LogP contribution in [0, 0.1) is 11.8 Å². The summed E-state index contributed by atoms with van der Waals surface area (Å²) in [5.74, 6) is 1.36. The summed E-state index contributed by atoms with van der Waals surface area (Å²) in [6.07, 6.45) is 2.45. The van der Waals surface area contributed by atoms with E-state index in [1.807, 2.05) is 11.9 Å². The molecule has 16 heavy (non-hydrogen) atoms. The van der Waals surface area contributed by atoms with E-state index < -0.39 is 0 Å². The quantitative estimate of drug-likeness (QED) is 0.732. The molecule has 0 bridgehead atoms. The van der Waals surface area contributed by atoms with Gasteiger partial charge < -0.3 is 15.1 Å². The van der Waals surface area contributed by atoms with E-state index in [9.17, 15) is 4.79 Å². The van der Waals surface area contributed by atoms with Gasteiger partial charge in [-0.3, -0.25) is 4.79 Å². The van der Waals surface area contributed by atoms with Crippen molar-refractivity contribution < 1.29 is 4.79 Å². The molecule has 1 atom stereocenters. The number of nitrogens with one attached hydrogen (secondary N) is 1. The molecule has 0 aromatic heterocycles. The lowest BCUT2D eigenvalue weighted by molar-refractivity contribution is -0.135. The summed E-state index contributed by atoms with van der Waals surface area (Å²) in [6, 6.07) is 0. The topological polar surface area (TPSA) is 35.6 Å². The van der Waals surface area contributed by atoms with E-state index in [1.54, 1.807) is 0 Å². The van der Waals surface area contributed by atoms with E-state index in [2.05, 4.69) is 17.3 Å². The van der Waals surface area contributed by atoms with Gasteiger partial charge >= 0.3 is 0 Å². The highest BCUT2D eigenvalue weighted by molar-refractivity contribution is 5.79. The minimum Gasteiger partial charge on any atom is -0.345 e. The molecule has 4 heteroatoms. The number of nitrogens with zero attached hydrogens (tertiary/aromatic N) is 2. The van der Waals surface area contributed by atoms with Crippen LogP contribution in [0.2, 0.25) is 0 Å². The number of hydrogen-bond acceptors (Lipinski definition) is 3. The van der Waals surface area contributed by atoms with E-state index in [0.717, 1.165) is 32.0 Å². The summed E-state index contributed by atoms with van der Waals surface area (Å²) in [6.45, 7) is 5.08. The normalized spacial score (nSPS) is 26.8. The van der Waals surface area contributed by atoms with Crippen molar-refractivity contribution >= 4 is 5.91 Å². The number of likely N-dealkylation sites (tertiary alicyclic amines) is 1. The molecule has 0 saturated carbocycles. The Kier molecular flexibility index (Phi) is 3.82. The van der Waals surface area contributed by atoms with Gasteiger partial charge in [-0.05, 0) is 32.4 Å². The number of amides is 1. The Balaban J connectivity index is 1.66. The molecule has 2 aliphatic heterocycles. The molecule has 1 N–H and O–H groups in total. The van der Waals surface area contributed by atoms with Crippen LogP contribution in [0.3, 0.4) is 0 Å². The zero-order valence-corrected chi connectivity index (χ0v) is 10.4. The molecule has 2 heterocycles. The van der Waals surface area contributed by atoms with E-state index in [-0.39, 0.29) is 5.92 Å². The molecule has 0 aromatic rings. The molecule has 4 nitrogen and oxygen atoms in total. The molecule has 0 aromatic carbocycles. The van der Waals surface area contributed by atoms with Crippen LogP contribution >= 0.6 is 0 Å². The van der Waals surface area contributed by atoms with Crippen molar-refractivity contribution in [1.29, 1.82) is 0 Å². The molecule has 2 fully saturated rings. The van der Waals surface area contributed by atoms with Gasteiger partial charge in [0.1, 0.15) is 0 Å². The van der Waals surface area contributed by atoms with Gasteiger partial charge in [0.15, 0.2) is 0 Å². The maximum Gasteiger partial charge on any atom is 0.227 e. The Morgan fingerprint density at radius 2 is 2.25 bits per heavy atom. The van der Waals surface area contributed by atoms with Gasteiger partial charge in [0.25, 0.3) is 0 Å². The summed E-state index contributed by atoms with van der Waals surface area (Å²) < 4.78 is 0. The maximum atomic E-state index is 11.9. The minimum absolute atomic E-state index is 0.247. The van der Waals surface area contributed by atoms with Crippen molar-refractivity contribution in [2.45, 2.75) is 12.8 Å². The second-order valence-corrected chi connectivity index (χ2v) is 5.32. The fourth-order valence-electron chi connectivity index (χ4n) is 2.52. The first kappa shape index (κ1) is 11.9. The van der Waals surface area contributed by atoms with E-state index >= 15 is 0 Å². The lowest BCUT2D eigenvalue weighted by Gasteiger charge is -2.30. The molecule has 92 valence electrons. The standard InChI is InChI=1S/C12H23N3O/c1-14-5-3-10(9-14)4-6-15(2)12(16)11-7-13-8-11/h10-11,13H,3-9H2,1-2H3. The molecule has 0 spiro atoms. The molecule has 0 aliphatic carbocycles. The van der Waals surface area contributed by atoms with Crippen molar-refractivity contribution in [2.75, 3.05) is 46.8 Å². The summed E-state index contributed by atoms with van der Waals surface area (Å²) >= 11 is 0. The predicted molar refractivity (Wildman–Crippen MR) is 64.2 cm³/mol. The molecular weight excluding hydrogens is 202 g/mol. The first-order chi connectivity index (χ1) is 7.66. The molecule has 1 unspecified atom stereocenters. The van der Waals surface area contributed by atoms with Gasteiger partial charge in [-0.1, -0.05) is 0 Å². The number of carbonyl (C=O) groups is 1. The third kappa shape index (κ3) is 2.74. The smallest absolute Gasteiger partial charge is 0.227 e. The Morgan fingerprint density at radius 3 is 2.75 bits per heavy atom. The zero-order chi connectivity index (χ0) is 11.5. The Morgan fingerprint density at radius 1 is 1.50 bits per heavy atom. The fraction of sp³-hybridized carbons (Fsp3) is 0.917. The highest BCUT2D eigenvalue weighted by Gasteiger charge is 2.28. The SMILES string of the molecule is CN1CCC(CCN(C)C(=O)C2CNC2)C1. The summed E-state index contributed by atoms with van der Waals surface area (Å²) in [7, 11) is 4.12. The predicted octanol–water partition coefficient (Wildman–Crippen LogP) is 0.00600. The van der Waals surface area contributed by atoms with Crippen molar-refractivity contribution in [3.05, 3.63) is 0 Å². The van der Waals surface area contributed by atoms with E-state index in [1.165, 1.54) is 19.5 Å². The van der Waals surface area contributed by atoms with Crippen LogP contribution in [-0.4, -0.2) is 62.5 Å². The third-order valence-electron chi connectivity index (χ3n) is 3.87. The lowest BCUT2D eigenvalue weighted by atomic mass is 10.0. The molecule has 2 rings (SSSR count). The van der Waals surface area contributed by atoms with Gasteiger partial charge in [-0.2, -0.15) is 0 Å². The molecular formula is C12H23N3O. The molecule has 2 aliphatic rings. The van der Waals surface area contributed by atoms with Crippen molar-refractivity contribution in [3.8, 4) is 0 Å². The Labute approximate surface area is 98.0 Å². The highest BCUT2D eigenvalue weighted by atomic mass is 16.2. The highest BCUT2D eigenvalue weighted by Crippen LogP contribution is 2.18. The van der Waals surface area contributed by atoms with Crippen molar-refractivity contribution in [3.63, 3.8) is 0 Å². The number of rotatable bonds is 4. The minimum atomic E-state index is 0.247. The average Bonchev–Trinajstić information content (AvgIpc) is 2.58. The zero-order valence-electron chi connectivity index (χ0n) is 10.4. The second-order valence-electron chi connectivity index (χ2n) is 5.32. The van der Waals surface area contributed by atoms with Crippen LogP contribution in [0.4, 0.5) is 0 Å². The summed E-state index contributed by atoms with van der Waals surface area (Å²) in [5, 5.41) is 3.15. The fourth-order valence-corrected chi connectivity index (χ4v) is 2.52. The molecule has 1 amide bonds. The van der Waals surface area contributed by atoms with Gasteiger partial charge in [-0.25, -0.2) is 0 Å². The number of hydrogen-bond donors (Lipinski definition) is 1. The van der Waals surface area contributed by atoms with Gasteiger partial charge in [0, 0.05) is 33.2 Å². The van der Waals surface area contributed by atoms with E-state index in [0.29, 0.717) is 5.91 Å². The lowest BCUT2D eigenvalue weighted by Crippen LogP contribution is -2.51. The number of carbonyl (C=O) groups excluding carboxylic acids is 1. The van der Waals surface area contributed by atoms with Gasteiger partial charge in [-0.15, -0.1) is 0 Å².